The molecule has 1 radical (unpaired) electrons. The molecular formula is H5MgNbO4P. The van der Waals surface area contributed by atoms with E-state index < -0.39 is 7.82 Å². The Morgan fingerprint density at radius 1 is 1.29 bits per heavy atom. The number of hydrogen-bond acceptors (Lipinski definition) is 1. The smallest absolute Gasteiger partial charge is 1.00 e. The summed E-state index contributed by atoms with van der Waals surface area (Å²) in [6.45, 7) is 0. The number of phosphoric acid groups is 1. The Hall–Kier alpha value is 1.62. The molecule has 0 saturated heterocycles. The second-order valence-electron chi connectivity index (χ2n) is 0.513. The average Bonchev–Trinajstić information content (AvgIpc) is 0.722. The van der Waals surface area contributed by atoms with E-state index in [-0.39, 0.29) is 48.3 Å². The topological polar surface area (TPSA) is 77.8 Å². The van der Waals surface area contributed by atoms with E-state index in [1.54, 1.807) is 0 Å². The molecule has 0 saturated carbocycles. The van der Waals surface area contributed by atoms with Crippen molar-refractivity contribution in [1.29, 1.82) is 0 Å². The first-order valence-corrected chi connectivity index (χ1v) is 2.35. The maximum Gasteiger partial charge on any atom is 2.00 e. The van der Waals surface area contributed by atoms with E-state index >= 15 is 0 Å². The minimum Gasteiger partial charge on any atom is -1.00 e. The van der Waals surface area contributed by atoms with Crippen LogP contribution in [0.2, 0.25) is 0 Å². The largest absolute Gasteiger partial charge is 2.00 e. The van der Waals surface area contributed by atoms with Crippen LogP contribution in [0.4, 0.5) is 0 Å². The average molecular weight is 217 g/mol. The summed E-state index contributed by atoms with van der Waals surface area (Å²) in [7, 11) is -4.64. The summed E-state index contributed by atoms with van der Waals surface area (Å²) in [6.07, 6.45) is 0. The second-order valence-corrected chi connectivity index (χ2v) is 1.54. The first kappa shape index (κ1) is 15.8. The predicted octanol–water partition coefficient (Wildman–Crippen LogP) is -1.09. The molecule has 0 fully saturated rings. The second kappa shape index (κ2) is 5.75. The van der Waals surface area contributed by atoms with Crippen molar-refractivity contribution >= 4 is 30.9 Å². The quantitative estimate of drug-likeness (QED) is 0.356. The van der Waals surface area contributed by atoms with Crippen molar-refractivity contribution in [3.63, 3.8) is 0 Å². The van der Waals surface area contributed by atoms with Crippen LogP contribution in [-0.2, 0) is 26.9 Å². The van der Waals surface area contributed by atoms with Gasteiger partial charge in [-0.25, -0.2) is 4.57 Å². The summed E-state index contributed by atoms with van der Waals surface area (Å²) >= 11 is 0. The first-order chi connectivity index (χ1) is 2.00. The van der Waals surface area contributed by atoms with E-state index in [1.165, 1.54) is 0 Å². The molecule has 0 amide bonds. The van der Waals surface area contributed by atoms with Crippen LogP contribution < -0.4 is 0 Å². The van der Waals surface area contributed by atoms with Crippen molar-refractivity contribution in [2.75, 3.05) is 0 Å². The van der Waals surface area contributed by atoms with Gasteiger partial charge in [-0.3, -0.25) is 0 Å². The van der Waals surface area contributed by atoms with E-state index in [0.717, 1.165) is 0 Å². The van der Waals surface area contributed by atoms with E-state index in [1.807, 2.05) is 0 Å². The van der Waals surface area contributed by atoms with Gasteiger partial charge in [0, 0.05) is 22.4 Å². The van der Waals surface area contributed by atoms with Gasteiger partial charge in [0.15, 0.2) is 0 Å². The molecule has 0 bridgehead atoms. The molecule has 0 rings (SSSR count). The van der Waals surface area contributed by atoms with Crippen molar-refractivity contribution in [3.8, 4) is 0 Å². The fraction of sp³-hybridized carbons (Fsp3) is 0. The molecule has 4 nitrogen and oxygen atoms in total. The summed E-state index contributed by atoms with van der Waals surface area (Å²) < 4.78 is 8.88. The Balaban J connectivity index is -0.0000000133. The third-order valence-electron chi connectivity index (χ3n) is 0. The van der Waals surface area contributed by atoms with Crippen LogP contribution in [0.25, 0.3) is 0 Å². The Kier molecular flexibility index (Phi) is 13.0. The third-order valence-corrected chi connectivity index (χ3v) is 0. The fourth-order valence-corrected chi connectivity index (χ4v) is 0. The maximum atomic E-state index is 8.88. The fourth-order valence-electron chi connectivity index (χ4n) is 0. The van der Waals surface area contributed by atoms with Gasteiger partial charge in [0.2, 0.25) is 0 Å². The van der Waals surface area contributed by atoms with Gasteiger partial charge in [0.05, 0.1) is 0 Å². The van der Waals surface area contributed by atoms with Crippen LogP contribution in [-0.4, -0.2) is 37.7 Å². The Morgan fingerprint density at radius 3 is 1.29 bits per heavy atom. The van der Waals surface area contributed by atoms with Gasteiger partial charge in [-0.1, -0.05) is 0 Å². The van der Waals surface area contributed by atoms with Crippen molar-refractivity contribution < 1.29 is 44.5 Å². The summed E-state index contributed by atoms with van der Waals surface area (Å²) in [4.78, 5) is 21.6. The predicted molar refractivity (Wildman–Crippen MR) is 22.2 cm³/mol. The van der Waals surface area contributed by atoms with Crippen molar-refractivity contribution in [1.82, 2.24) is 0 Å². The molecule has 0 aromatic carbocycles. The molecule has 0 aromatic heterocycles. The number of rotatable bonds is 0. The minimum absolute atomic E-state index is 0. The Morgan fingerprint density at radius 2 is 1.29 bits per heavy atom. The normalized spacial score (nSPS) is 8.43. The standard InChI is InChI=1S/Mg.Nb.H3O4P.2H/c;;1-5(2,3)4;;/h;;(H3,1,2,3,4);;/q+2;;;2*-1. The van der Waals surface area contributed by atoms with Crippen LogP contribution in [0.3, 0.4) is 0 Å². The van der Waals surface area contributed by atoms with Crippen LogP contribution in [0, 0.1) is 0 Å². The van der Waals surface area contributed by atoms with Crippen LogP contribution in [0.15, 0.2) is 0 Å². The van der Waals surface area contributed by atoms with Crippen molar-refractivity contribution in [2.45, 2.75) is 0 Å². The maximum absolute atomic E-state index is 8.88. The third kappa shape index (κ3) is 91.9. The zero-order chi connectivity index (χ0) is 4.50. The van der Waals surface area contributed by atoms with Crippen LogP contribution >= 0.6 is 7.82 Å². The molecule has 0 aliphatic carbocycles. The molecule has 7 heteroatoms. The van der Waals surface area contributed by atoms with Crippen molar-refractivity contribution in [3.05, 3.63) is 0 Å². The molecule has 0 aliphatic heterocycles. The summed E-state index contributed by atoms with van der Waals surface area (Å²) in [5, 5.41) is 0. The molecule has 0 atom stereocenters. The zero-order valence-electron chi connectivity index (χ0n) is 5.35. The zero-order valence-corrected chi connectivity index (χ0v) is 7.86. The molecule has 3 N–H and O–H groups in total. The van der Waals surface area contributed by atoms with Gasteiger partial charge in [-0.2, -0.15) is 0 Å². The molecule has 7 heavy (non-hydrogen) atoms. The SMILES string of the molecule is O=P(O)(O)O.[H-].[H-].[Mg+2].[Nb]. The molecular weight excluding hydrogens is 212 g/mol. The Labute approximate surface area is 75.2 Å². The van der Waals surface area contributed by atoms with Gasteiger partial charge in [0.1, 0.15) is 0 Å². The number of hydrogen-bond donors (Lipinski definition) is 3. The van der Waals surface area contributed by atoms with Gasteiger partial charge < -0.3 is 17.5 Å². The summed E-state index contributed by atoms with van der Waals surface area (Å²) in [5.74, 6) is 0. The van der Waals surface area contributed by atoms with Crippen LogP contribution in [0.1, 0.15) is 2.85 Å². The molecule has 0 spiro atoms. The molecule has 0 aromatic rings. The van der Waals surface area contributed by atoms with Crippen LogP contribution in [0.5, 0.6) is 0 Å². The van der Waals surface area contributed by atoms with Gasteiger partial charge in [0.25, 0.3) is 0 Å². The molecule has 0 aliphatic rings. The molecule has 0 heterocycles. The summed E-state index contributed by atoms with van der Waals surface area (Å²) in [5.41, 5.74) is 0. The minimum atomic E-state index is -4.64. The van der Waals surface area contributed by atoms with E-state index in [9.17, 15) is 0 Å². The summed E-state index contributed by atoms with van der Waals surface area (Å²) in [6, 6.07) is 0. The van der Waals surface area contributed by atoms with Gasteiger partial charge in [-0.15, -0.1) is 0 Å². The van der Waals surface area contributed by atoms with Crippen molar-refractivity contribution in [2.24, 2.45) is 0 Å². The van der Waals surface area contributed by atoms with E-state index in [4.69, 9.17) is 19.2 Å². The molecule has 0 unspecified atom stereocenters. The van der Waals surface area contributed by atoms with Gasteiger partial charge in [-0.05, 0) is 0 Å². The Bertz CT molecular complexity index is 64.7. The first-order valence-electron chi connectivity index (χ1n) is 0.783. The monoisotopic (exact) mass is 217 g/mol. The van der Waals surface area contributed by atoms with E-state index in [0.29, 0.717) is 0 Å². The van der Waals surface area contributed by atoms with E-state index in [2.05, 4.69) is 0 Å². The molecule has 41 valence electrons. The van der Waals surface area contributed by atoms with Gasteiger partial charge >= 0.3 is 30.9 Å².